The minimum Gasteiger partial charge on any atom is -0.392 e. The molecule has 0 aliphatic heterocycles. The van der Waals surface area contributed by atoms with Gasteiger partial charge in [0, 0.05) is 12.6 Å². The summed E-state index contributed by atoms with van der Waals surface area (Å²) in [7, 11) is 0. The molecule has 0 amide bonds. The molecule has 0 saturated carbocycles. The lowest BCUT2D eigenvalue weighted by Gasteiger charge is -2.27. The molecule has 0 saturated heterocycles. The first kappa shape index (κ1) is 15.2. The van der Waals surface area contributed by atoms with Crippen LogP contribution in [0.4, 0.5) is 0 Å². The Hall–Kier alpha value is -1.68. The Labute approximate surface area is 131 Å². The predicted molar refractivity (Wildman–Crippen MR) is 87.4 cm³/mol. The topological polar surface area (TPSA) is 52.5 Å². The largest absolute Gasteiger partial charge is 0.392 e. The van der Waals surface area contributed by atoms with Crippen molar-refractivity contribution in [3.05, 3.63) is 70.8 Å². The van der Waals surface area contributed by atoms with E-state index in [1.54, 1.807) is 0 Å². The van der Waals surface area contributed by atoms with Crippen LogP contribution in [-0.4, -0.2) is 16.8 Å². The second-order valence-corrected chi connectivity index (χ2v) is 6.19. The van der Waals surface area contributed by atoms with E-state index in [4.69, 9.17) is 0 Å². The predicted octanol–water partition coefficient (Wildman–Crippen LogP) is 2.66. The highest BCUT2D eigenvalue weighted by Crippen LogP contribution is 2.36. The molecule has 3 heteroatoms. The van der Waals surface area contributed by atoms with Crippen LogP contribution in [0, 0.1) is 0 Å². The molecule has 2 aromatic carbocycles. The minimum absolute atomic E-state index is 0.0534. The summed E-state index contributed by atoms with van der Waals surface area (Å²) in [5, 5.41) is 23.6. The lowest BCUT2D eigenvalue weighted by molar-refractivity contribution is 0.0363. The summed E-state index contributed by atoms with van der Waals surface area (Å²) in [6, 6.07) is 16.2. The minimum atomic E-state index is -0.778. The van der Waals surface area contributed by atoms with Gasteiger partial charge in [0.05, 0.1) is 6.61 Å². The molecule has 0 bridgehead atoms. The number of rotatable bonds is 5. The Bertz CT molecular complexity index is 655. The number of benzene rings is 2. The van der Waals surface area contributed by atoms with Crippen LogP contribution in [0.1, 0.15) is 41.6 Å². The van der Waals surface area contributed by atoms with Gasteiger partial charge in [0.25, 0.3) is 0 Å². The number of fused-ring (bicyclic) bond motifs is 1. The summed E-state index contributed by atoms with van der Waals surface area (Å²) in [5.41, 5.74) is 3.57. The van der Waals surface area contributed by atoms with Gasteiger partial charge in [-0.05, 0) is 42.0 Å². The third-order valence-corrected chi connectivity index (χ3v) is 4.66. The van der Waals surface area contributed by atoms with Crippen molar-refractivity contribution < 1.29 is 10.2 Å². The summed E-state index contributed by atoms with van der Waals surface area (Å²) < 4.78 is 0. The molecular weight excluding hydrogens is 274 g/mol. The zero-order valence-corrected chi connectivity index (χ0v) is 12.9. The normalized spacial score (nSPS) is 21.6. The lowest BCUT2D eigenvalue weighted by atomic mass is 9.95. The zero-order valence-electron chi connectivity index (χ0n) is 12.9. The second kappa shape index (κ2) is 6.21. The molecule has 3 rings (SSSR count). The van der Waals surface area contributed by atoms with Crippen LogP contribution in [0.5, 0.6) is 0 Å². The number of hydrogen-bond donors (Lipinski definition) is 3. The van der Waals surface area contributed by atoms with E-state index in [1.807, 2.05) is 42.5 Å². The van der Waals surface area contributed by atoms with Gasteiger partial charge in [-0.15, -0.1) is 0 Å². The van der Waals surface area contributed by atoms with Gasteiger partial charge in [-0.1, -0.05) is 48.5 Å². The first-order valence-electron chi connectivity index (χ1n) is 7.86. The van der Waals surface area contributed by atoms with E-state index in [-0.39, 0.29) is 12.6 Å². The summed E-state index contributed by atoms with van der Waals surface area (Å²) in [5.74, 6) is 0. The molecule has 0 fully saturated rings. The number of aliphatic hydroxyl groups excluding tert-OH is 1. The van der Waals surface area contributed by atoms with Crippen molar-refractivity contribution in [3.8, 4) is 0 Å². The third-order valence-electron chi connectivity index (χ3n) is 4.66. The number of hydrogen-bond acceptors (Lipinski definition) is 3. The van der Waals surface area contributed by atoms with Crippen molar-refractivity contribution in [1.82, 2.24) is 5.32 Å². The Morgan fingerprint density at radius 2 is 2.00 bits per heavy atom. The molecule has 3 nitrogen and oxygen atoms in total. The average molecular weight is 297 g/mol. The molecule has 0 radical (unpaired) electrons. The molecule has 0 heterocycles. The Morgan fingerprint density at radius 3 is 2.82 bits per heavy atom. The molecule has 2 unspecified atom stereocenters. The van der Waals surface area contributed by atoms with E-state index in [0.29, 0.717) is 6.54 Å². The van der Waals surface area contributed by atoms with E-state index < -0.39 is 5.60 Å². The molecule has 2 atom stereocenters. The number of nitrogens with one attached hydrogen (secondary N) is 1. The van der Waals surface area contributed by atoms with E-state index >= 15 is 0 Å². The maximum atomic E-state index is 10.9. The number of aliphatic hydroxyl groups is 2. The standard InChI is InChI=1S/C19H23NO2/c1-14(17-7-4-5-15(11-17)12-21)20-13-19(22)10-9-16-6-2-3-8-18(16)19/h2-8,11,14,20-22H,9-10,12-13H2,1H3. The van der Waals surface area contributed by atoms with Crippen molar-refractivity contribution in [2.24, 2.45) is 0 Å². The third kappa shape index (κ3) is 2.93. The molecule has 1 aliphatic carbocycles. The quantitative estimate of drug-likeness (QED) is 0.795. The van der Waals surface area contributed by atoms with Gasteiger partial charge < -0.3 is 15.5 Å². The molecular formula is C19H23NO2. The maximum absolute atomic E-state index is 10.9. The summed E-state index contributed by atoms with van der Waals surface area (Å²) in [4.78, 5) is 0. The molecule has 0 aromatic heterocycles. The lowest BCUT2D eigenvalue weighted by Crippen LogP contribution is -2.37. The molecule has 0 spiro atoms. The first-order valence-corrected chi connectivity index (χ1v) is 7.86. The van der Waals surface area contributed by atoms with Crippen molar-refractivity contribution in [3.63, 3.8) is 0 Å². The molecule has 22 heavy (non-hydrogen) atoms. The SMILES string of the molecule is CC(NCC1(O)CCc2ccccc21)c1cccc(CO)c1. The van der Waals surface area contributed by atoms with Crippen LogP contribution >= 0.6 is 0 Å². The van der Waals surface area contributed by atoms with Crippen molar-refractivity contribution in [1.29, 1.82) is 0 Å². The first-order chi connectivity index (χ1) is 10.6. The Kier molecular flexibility index (Phi) is 4.30. The van der Waals surface area contributed by atoms with Gasteiger partial charge in [-0.2, -0.15) is 0 Å². The van der Waals surface area contributed by atoms with Crippen LogP contribution in [0.25, 0.3) is 0 Å². The Morgan fingerprint density at radius 1 is 1.18 bits per heavy atom. The van der Waals surface area contributed by atoms with Crippen LogP contribution in [0.3, 0.4) is 0 Å². The van der Waals surface area contributed by atoms with Crippen LogP contribution < -0.4 is 5.32 Å². The fourth-order valence-electron chi connectivity index (χ4n) is 3.25. The van der Waals surface area contributed by atoms with E-state index in [9.17, 15) is 10.2 Å². The van der Waals surface area contributed by atoms with Crippen LogP contribution in [-0.2, 0) is 18.6 Å². The summed E-state index contributed by atoms with van der Waals surface area (Å²) in [6.45, 7) is 2.67. The van der Waals surface area contributed by atoms with Gasteiger partial charge in [-0.25, -0.2) is 0 Å². The fraction of sp³-hybridized carbons (Fsp3) is 0.368. The Balaban J connectivity index is 1.70. The van der Waals surface area contributed by atoms with Gasteiger partial charge in [0.15, 0.2) is 0 Å². The second-order valence-electron chi connectivity index (χ2n) is 6.19. The molecule has 3 N–H and O–H groups in total. The molecule has 2 aromatic rings. The van der Waals surface area contributed by atoms with E-state index in [1.165, 1.54) is 5.56 Å². The van der Waals surface area contributed by atoms with Gasteiger partial charge in [0.1, 0.15) is 5.60 Å². The highest BCUT2D eigenvalue weighted by Gasteiger charge is 2.36. The summed E-state index contributed by atoms with van der Waals surface area (Å²) in [6.07, 6.45) is 1.70. The van der Waals surface area contributed by atoms with Crippen LogP contribution in [0.15, 0.2) is 48.5 Å². The monoisotopic (exact) mass is 297 g/mol. The molecule has 116 valence electrons. The summed E-state index contributed by atoms with van der Waals surface area (Å²) >= 11 is 0. The van der Waals surface area contributed by atoms with Gasteiger partial charge in [0.2, 0.25) is 0 Å². The molecule has 1 aliphatic rings. The van der Waals surface area contributed by atoms with Crippen molar-refractivity contribution in [2.75, 3.05) is 6.54 Å². The highest BCUT2D eigenvalue weighted by molar-refractivity contribution is 5.37. The fourth-order valence-corrected chi connectivity index (χ4v) is 3.25. The van der Waals surface area contributed by atoms with E-state index in [0.717, 1.165) is 29.5 Å². The highest BCUT2D eigenvalue weighted by atomic mass is 16.3. The number of aryl methyl sites for hydroxylation is 1. The van der Waals surface area contributed by atoms with Crippen LogP contribution in [0.2, 0.25) is 0 Å². The van der Waals surface area contributed by atoms with Gasteiger partial charge in [-0.3, -0.25) is 0 Å². The van der Waals surface area contributed by atoms with E-state index in [2.05, 4.69) is 18.3 Å². The average Bonchev–Trinajstić information content (AvgIpc) is 2.91. The zero-order chi connectivity index (χ0) is 15.6. The van der Waals surface area contributed by atoms with Crippen molar-refractivity contribution in [2.45, 2.75) is 38.0 Å². The maximum Gasteiger partial charge on any atom is 0.103 e. The smallest absolute Gasteiger partial charge is 0.103 e. The van der Waals surface area contributed by atoms with Crippen molar-refractivity contribution >= 4 is 0 Å². The van der Waals surface area contributed by atoms with Gasteiger partial charge >= 0.3 is 0 Å².